The molecule has 7 nitrogen and oxygen atoms in total. The lowest BCUT2D eigenvalue weighted by molar-refractivity contribution is 0.0735. The molecule has 1 heterocycles. The van der Waals surface area contributed by atoms with Crippen molar-refractivity contribution in [2.45, 2.75) is 11.8 Å². The molecule has 0 saturated heterocycles. The number of hydrogen-bond donors (Lipinski definition) is 0. The largest absolute Gasteiger partial charge is 0.441 e. The van der Waals surface area contributed by atoms with Crippen LogP contribution in [0.2, 0.25) is 0 Å². The summed E-state index contributed by atoms with van der Waals surface area (Å²) >= 11 is 0. The predicted octanol–water partition coefficient (Wildman–Crippen LogP) is 2.61. The van der Waals surface area contributed by atoms with E-state index >= 15 is 0 Å². The fourth-order valence-electron chi connectivity index (χ4n) is 2.23. The van der Waals surface area contributed by atoms with Crippen molar-refractivity contribution < 1.29 is 22.4 Å². The Morgan fingerprint density at radius 1 is 1.12 bits per heavy atom. The molecule has 0 atom stereocenters. The molecule has 3 rings (SSSR count). The Balaban J connectivity index is 1.80. The van der Waals surface area contributed by atoms with E-state index in [0.717, 1.165) is 4.31 Å². The molecule has 0 aliphatic rings. The Hall–Kier alpha value is -2.71. The van der Waals surface area contributed by atoms with Gasteiger partial charge in [0.15, 0.2) is 11.5 Å². The summed E-state index contributed by atoms with van der Waals surface area (Å²) in [6.45, 7) is 1.73. The third-order valence-electron chi connectivity index (χ3n) is 3.55. The quantitative estimate of drug-likeness (QED) is 0.525. The predicted molar refractivity (Wildman–Crippen MR) is 91.0 cm³/mol. The molecule has 0 bridgehead atoms. The Morgan fingerprint density at radius 3 is 2.44 bits per heavy atom. The fraction of sp³-hybridized carbons (Fsp3) is 0.176. The van der Waals surface area contributed by atoms with Gasteiger partial charge in [-0.25, -0.2) is 22.5 Å². The third kappa shape index (κ3) is 3.40. The number of aromatic nitrogens is 1. The maximum atomic E-state index is 12.2. The molecule has 0 radical (unpaired) electrons. The zero-order valence-corrected chi connectivity index (χ0v) is 14.7. The molecule has 3 aromatic rings. The topological polar surface area (TPSA) is 89.7 Å². The van der Waals surface area contributed by atoms with Crippen molar-refractivity contribution in [3.63, 3.8) is 0 Å². The van der Waals surface area contributed by atoms with Crippen molar-refractivity contribution in [2.24, 2.45) is 0 Å². The van der Waals surface area contributed by atoms with E-state index in [1.807, 2.05) is 0 Å². The smallest absolute Gasteiger partial charge is 0.343 e. The third-order valence-corrected chi connectivity index (χ3v) is 5.37. The highest BCUT2D eigenvalue weighted by atomic mass is 32.2. The van der Waals surface area contributed by atoms with Crippen LogP contribution in [0.5, 0.6) is 5.75 Å². The number of oxazole rings is 1. The Bertz CT molecular complexity index is 1040. The van der Waals surface area contributed by atoms with Gasteiger partial charge in [-0.2, -0.15) is 0 Å². The number of fused-ring (bicyclic) bond motifs is 1. The summed E-state index contributed by atoms with van der Waals surface area (Å²) in [5, 5.41) is 0. The van der Waals surface area contributed by atoms with E-state index in [-0.39, 0.29) is 10.5 Å². The summed E-state index contributed by atoms with van der Waals surface area (Å²) in [6.07, 6.45) is 0. The molecule has 8 heteroatoms. The number of ether oxygens (including phenoxy) is 1. The Kier molecular flexibility index (Phi) is 4.32. The lowest BCUT2D eigenvalue weighted by Gasteiger charge is -2.11. The van der Waals surface area contributed by atoms with Gasteiger partial charge in [0, 0.05) is 27.1 Å². The summed E-state index contributed by atoms with van der Waals surface area (Å²) in [5.41, 5.74) is 1.44. The number of hydrogen-bond acceptors (Lipinski definition) is 6. The molecule has 0 aliphatic carbocycles. The number of aryl methyl sites for hydroxylation is 1. The number of esters is 1. The van der Waals surface area contributed by atoms with Gasteiger partial charge in [0.1, 0.15) is 11.3 Å². The van der Waals surface area contributed by atoms with Crippen molar-refractivity contribution in [3.05, 3.63) is 53.9 Å². The minimum absolute atomic E-state index is 0.105. The zero-order chi connectivity index (χ0) is 18.2. The van der Waals surface area contributed by atoms with E-state index in [1.54, 1.807) is 25.1 Å². The van der Waals surface area contributed by atoms with Crippen molar-refractivity contribution in [1.82, 2.24) is 9.29 Å². The molecule has 0 aliphatic heterocycles. The van der Waals surface area contributed by atoms with Crippen LogP contribution in [-0.4, -0.2) is 37.8 Å². The SMILES string of the molecule is Cc1nc2cc(OC(=O)c3ccc(S(=O)(=O)N(C)C)cc3)ccc2o1. The maximum Gasteiger partial charge on any atom is 0.343 e. The summed E-state index contributed by atoms with van der Waals surface area (Å²) in [5.74, 6) is 0.264. The van der Waals surface area contributed by atoms with E-state index in [2.05, 4.69) is 4.98 Å². The lowest BCUT2D eigenvalue weighted by atomic mass is 10.2. The fourth-order valence-corrected chi connectivity index (χ4v) is 3.13. The molecule has 2 aromatic carbocycles. The Labute approximate surface area is 144 Å². The van der Waals surface area contributed by atoms with Crippen LogP contribution in [0, 0.1) is 6.92 Å². The molecule has 0 saturated carbocycles. The van der Waals surface area contributed by atoms with Gasteiger partial charge in [-0.3, -0.25) is 0 Å². The number of carbonyl (C=O) groups is 1. The molecule has 0 amide bonds. The van der Waals surface area contributed by atoms with Crippen LogP contribution < -0.4 is 4.74 Å². The second kappa shape index (κ2) is 6.30. The average molecular weight is 360 g/mol. The molecule has 0 spiro atoms. The molecule has 25 heavy (non-hydrogen) atoms. The summed E-state index contributed by atoms with van der Waals surface area (Å²) in [6, 6.07) is 10.5. The number of carbonyl (C=O) groups excluding carboxylic acids is 1. The molecule has 0 unspecified atom stereocenters. The van der Waals surface area contributed by atoms with E-state index in [1.165, 1.54) is 38.4 Å². The van der Waals surface area contributed by atoms with Crippen molar-refractivity contribution in [2.75, 3.05) is 14.1 Å². The van der Waals surface area contributed by atoms with Crippen LogP contribution in [0.4, 0.5) is 0 Å². The van der Waals surface area contributed by atoms with Crippen LogP contribution in [-0.2, 0) is 10.0 Å². The van der Waals surface area contributed by atoms with Crippen molar-refractivity contribution in [3.8, 4) is 5.75 Å². The number of rotatable bonds is 4. The number of sulfonamides is 1. The van der Waals surface area contributed by atoms with Gasteiger partial charge in [0.25, 0.3) is 0 Å². The first-order chi connectivity index (χ1) is 11.8. The first-order valence-corrected chi connectivity index (χ1v) is 8.83. The standard InChI is InChI=1S/C17H16N2O5S/c1-11-18-15-10-13(6-9-16(15)23-11)24-17(20)12-4-7-14(8-5-12)25(21,22)19(2)3/h4-10H,1-3H3. The summed E-state index contributed by atoms with van der Waals surface area (Å²) < 4.78 is 35.8. The highest BCUT2D eigenvalue weighted by Gasteiger charge is 2.18. The van der Waals surface area contributed by atoms with Gasteiger partial charge < -0.3 is 9.15 Å². The van der Waals surface area contributed by atoms with Crippen molar-refractivity contribution >= 4 is 27.1 Å². The first-order valence-electron chi connectivity index (χ1n) is 7.39. The summed E-state index contributed by atoms with van der Waals surface area (Å²) in [4.78, 5) is 16.5. The first kappa shape index (κ1) is 17.1. The van der Waals surface area contributed by atoms with Gasteiger partial charge in [-0.15, -0.1) is 0 Å². The second-order valence-corrected chi connectivity index (χ2v) is 7.72. The van der Waals surface area contributed by atoms with Gasteiger partial charge in [-0.1, -0.05) is 0 Å². The highest BCUT2D eigenvalue weighted by Crippen LogP contribution is 2.22. The number of nitrogens with zero attached hydrogens (tertiary/aromatic N) is 2. The Morgan fingerprint density at radius 2 is 1.80 bits per heavy atom. The number of benzene rings is 2. The molecule has 130 valence electrons. The van der Waals surface area contributed by atoms with Crippen LogP contribution in [0.3, 0.4) is 0 Å². The van der Waals surface area contributed by atoms with Crippen LogP contribution >= 0.6 is 0 Å². The van der Waals surface area contributed by atoms with Gasteiger partial charge in [0.05, 0.1) is 10.5 Å². The molecule has 1 aromatic heterocycles. The molecule has 0 N–H and O–H groups in total. The highest BCUT2D eigenvalue weighted by molar-refractivity contribution is 7.89. The second-order valence-electron chi connectivity index (χ2n) is 5.56. The average Bonchev–Trinajstić information content (AvgIpc) is 2.94. The lowest BCUT2D eigenvalue weighted by Crippen LogP contribution is -2.22. The van der Waals surface area contributed by atoms with Crippen molar-refractivity contribution in [1.29, 1.82) is 0 Å². The van der Waals surface area contributed by atoms with E-state index in [0.29, 0.717) is 22.7 Å². The van der Waals surface area contributed by atoms with E-state index in [4.69, 9.17) is 9.15 Å². The van der Waals surface area contributed by atoms with Crippen LogP contribution in [0.1, 0.15) is 16.2 Å². The molecular weight excluding hydrogens is 344 g/mol. The normalized spacial score (nSPS) is 11.8. The van der Waals surface area contributed by atoms with Gasteiger partial charge in [0.2, 0.25) is 10.0 Å². The monoisotopic (exact) mass is 360 g/mol. The van der Waals surface area contributed by atoms with Crippen LogP contribution in [0.25, 0.3) is 11.1 Å². The van der Waals surface area contributed by atoms with E-state index in [9.17, 15) is 13.2 Å². The van der Waals surface area contributed by atoms with Gasteiger partial charge in [-0.05, 0) is 36.4 Å². The molecular formula is C17H16N2O5S. The minimum Gasteiger partial charge on any atom is -0.441 e. The maximum absolute atomic E-state index is 12.2. The molecule has 0 fully saturated rings. The van der Waals surface area contributed by atoms with E-state index < -0.39 is 16.0 Å². The van der Waals surface area contributed by atoms with Crippen LogP contribution in [0.15, 0.2) is 51.8 Å². The van der Waals surface area contributed by atoms with Gasteiger partial charge >= 0.3 is 5.97 Å². The minimum atomic E-state index is -3.54. The summed E-state index contributed by atoms with van der Waals surface area (Å²) in [7, 11) is -0.650. The zero-order valence-electron chi connectivity index (χ0n) is 13.9.